The monoisotopic (exact) mass is 352 g/mol. The molecule has 0 unspecified atom stereocenters. The molecule has 0 saturated carbocycles. The Labute approximate surface area is 136 Å². The van der Waals surface area contributed by atoms with Gasteiger partial charge in [0.25, 0.3) is 0 Å². The van der Waals surface area contributed by atoms with E-state index in [1.54, 1.807) is 0 Å². The number of halogens is 2. The van der Waals surface area contributed by atoms with E-state index in [4.69, 9.17) is 11.6 Å². The Kier molecular flexibility index (Phi) is 3.26. The Morgan fingerprint density at radius 2 is 1.48 bits per heavy atom. The molecule has 0 N–H and O–H groups in total. The van der Waals surface area contributed by atoms with E-state index < -0.39 is 5.82 Å². The van der Waals surface area contributed by atoms with Crippen LogP contribution < -0.4 is 0 Å². The van der Waals surface area contributed by atoms with Gasteiger partial charge in [0.1, 0.15) is 11.0 Å². The highest BCUT2D eigenvalue weighted by atomic mass is 35.5. The summed E-state index contributed by atoms with van der Waals surface area (Å²) in [5, 5.41) is 3.95. The van der Waals surface area contributed by atoms with Crippen molar-refractivity contribution in [3.8, 4) is 20.9 Å². The summed E-state index contributed by atoms with van der Waals surface area (Å²) in [6.07, 6.45) is 0. The lowest BCUT2D eigenvalue weighted by molar-refractivity contribution is 0.634. The third-order valence-corrected chi connectivity index (χ3v) is 5.79. The Hall–Kier alpha value is -1.34. The molecule has 0 saturated heterocycles. The summed E-state index contributed by atoms with van der Waals surface area (Å²) >= 11 is 10.4. The van der Waals surface area contributed by atoms with E-state index >= 15 is 0 Å². The number of aromatic nitrogens is 2. The van der Waals surface area contributed by atoms with Crippen molar-refractivity contribution in [3.63, 3.8) is 0 Å². The zero-order chi connectivity index (χ0) is 14.4. The van der Waals surface area contributed by atoms with Crippen molar-refractivity contribution in [2.75, 3.05) is 0 Å². The number of thiophene rings is 2. The van der Waals surface area contributed by atoms with E-state index in [2.05, 4.69) is 8.75 Å². The van der Waals surface area contributed by atoms with Crippen LogP contribution in [-0.2, 0) is 0 Å². The smallest absolute Gasteiger partial charge is 0.153 e. The van der Waals surface area contributed by atoms with Crippen molar-refractivity contribution >= 4 is 57.0 Å². The minimum Gasteiger partial charge on any atom is -0.205 e. The number of hydrogen-bond donors (Lipinski definition) is 0. The fraction of sp³-hybridized carbons (Fsp3) is 0. The van der Waals surface area contributed by atoms with Gasteiger partial charge in [0.05, 0.1) is 22.3 Å². The van der Waals surface area contributed by atoms with Crippen LogP contribution in [0.15, 0.2) is 35.0 Å². The Morgan fingerprint density at radius 1 is 0.905 bits per heavy atom. The molecule has 3 aromatic heterocycles. The lowest BCUT2D eigenvalue weighted by Crippen LogP contribution is -1.91. The van der Waals surface area contributed by atoms with E-state index in [1.807, 2.05) is 35.0 Å². The van der Waals surface area contributed by atoms with Crippen molar-refractivity contribution in [3.05, 3.63) is 45.9 Å². The highest BCUT2D eigenvalue weighted by molar-refractivity contribution is 7.14. The third kappa shape index (κ3) is 2.02. The van der Waals surface area contributed by atoms with Crippen LogP contribution in [0.25, 0.3) is 31.9 Å². The number of fused-ring (bicyclic) bond motifs is 1. The summed E-state index contributed by atoms with van der Waals surface area (Å²) in [4.78, 5) is 1.71. The van der Waals surface area contributed by atoms with Crippen LogP contribution in [-0.4, -0.2) is 8.75 Å². The molecule has 4 rings (SSSR count). The van der Waals surface area contributed by atoms with Crippen molar-refractivity contribution in [1.29, 1.82) is 0 Å². The first kappa shape index (κ1) is 13.3. The molecular formula is C14H6ClFN2S3. The maximum Gasteiger partial charge on any atom is 0.153 e. The van der Waals surface area contributed by atoms with E-state index in [9.17, 15) is 4.39 Å². The lowest BCUT2D eigenvalue weighted by Gasteiger charge is -2.08. The summed E-state index contributed by atoms with van der Waals surface area (Å²) < 4.78 is 23.5. The first-order valence-electron chi connectivity index (χ1n) is 5.98. The van der Waals surface area contributed by atoms with Crippen molar-refractivity contribution in [2.45, 2.75) is 0 Å². The molecule has 0 aliphatic carbocycles. The first-order chi connectivity index (χ1) is 10.3. The molecule has 0 fully saturated rings. The molecule has 1 aromatic carbocycles. The zero-order valence-electron chi connectivity index (χ0n) is 10.3. The van der Waals surface area contributed by atoms with E-state index in [-0.39, 0.29) is 5.02 Å². The largest absolute Gasteiger partial charge is 0.205 e. The van der Waals surface area contributed by atoms with Crippen LogP contribution in [0.1, 0.15) is 0 Å². The first-order valence-corrected chi connectivity index (χ1v) is 8.85. The molecule has 4 aromatic rings. The average Bonchev–Trinajstić information content (AvgIpc) is 3.21. The third-order valence-electron chi connectivity index (χ3n) is 3.13. The van der Waals surface area contributed by atoms with Gasteiger partial charge in [-0.1, -0.05) is 23.7 Å². The molecule has 0 amide bonds. The van der Waals surface area contributed by atoms with Gasteiger partial charge in [-0.3, -0.25) is 0 Å². The van der Waals surface area contributed by atoms with Crippen LogP contribution in [0.5, 0.6) is 0 Å². The molecule has 0 aliphatic rings. The van der Waals surface area contributed by atoms with Gasteiger partial charge >= 0.3 is 0 Å². The van der Waals surface area contributed by atoms with E-state index in [1.165, 1.54) is 22.7 Å². The normalized spacial score (nSPS) is 11.3. The summed E-state index contributed by atoms with van der Waals surface area (Å²) in [6, 6.07) is 7.57. The van der Waals surface area contributed by atoms with Crippen molar-refractivity contribution in [1.82, 2.24) is 8.75 Å². The van der Waals surface area contributed by atoms with Crippen LogP contribution in [0.2, 0.25) is 5.02 Å². The minimum absolute atomic E-state index is 0.112. The SMILES string of the molecule is Fc1c(Cl)c(-c2cccs2)c2nsnc2c1-c1cccs1. The van der Waals surface area contributed by atoms with E-state index in [0.29, 0.717) is 22.2 Å². The predicted octanol–water partition coefficient (Wildman–Crippen LogP) is 5.94. The molecule has 0 bridgehead atoms. The van der Waals surface area contributed by atoms with Crippen LogP contribution in [0.4, 0.5) is 4.39 Å². The molecule has 0 radical (unpaired) electrons. The second-order valence-corrected chi connectivity index (χ2v) is 7.10. The zero-order valence-corrected chi connectivity index (χ0v) is 13.5. The molecule has 0 atom stereocenters. The maximum atomic E-state index is 14.8. The summed E-state index contributed by atoms with van der Waals surface area (Å²) in [5.41, 5.74) is 2.32. The molecule has 7 heteroatoms. The van der Waals surface area contributed by atoms with Crippen molar-refractivity contribution < 1.29 is 4.39 Å². The molecule has 0 spiro atoms. The maximum absolute atomic E-state index is 14.8. The highest BCUT2D eigenvalue weighted by Gasteiger charge is 2.24. The van der Waals surface area contributed by atoms with Gasteiger partial charge in [0, 0.05) is 15.3 Å². The Morgan fingerprint density at radius 3 is 2.05 bits per heavy atom. The Balaban J connectivity index is 2.14. The summed E-state index contributed by atoms with van der Waals surface area (Å²) in [6.45, 7) is 0. The minimum atomic E-state index is -0.428. The molecule has 21 heavy (non-hydrogen) atoms. The molecule has 3 heterocycles. The fourth-order valence-corrected chi connectivity index (χ4v) is 4.68. The predicted molar refractivity (Wildman–Crippen MR) is 89.0 cm³/mol. The van der Waals surface area contributed by atoms with Gasteiger partial charge in [-0.15, -0.1) is 22.7 Å². The van der Waals surface area contributed by atoms with Crippen LogP contribution in [0.3, 0.4) is 0 Å². The van der Waals surface area contributed by atoms with Gasteiger partial charge in [-0.25, -0.2) is 4.39 Å². The lowest BCUT2D eigenvalue weighted by atomic mass is 10.0. The van der Waals surface area contributed by atoms with Gasteiger partial charge in [-0.05, 0) is 22.9 Å². The van der Waals surface area contributed by atoms with Gasteiger partial charge in [-0.2, -0.15) is 8.75 Å². The number of benzene rings is 1. The highest BCUT2D eigenvalue weighted by Crippen LogP contribution is 2.44. The fourth-order valence-electron chi connectivity index (χ4n) is 2.24. The summed E-state index contributed by atoms with van der Waals surface area (Å²) in [7, 11) is 0. The second kappa shape index (κ2) is 5.14. The number of nitrogens with zero attached hydrogens (tertiary/aromatic N) is 2. The van der Waals surface area contributed by atoms with Crippen LogP contribution >= 0.6 is 46.0 Å². The average molecular weight is 353 g/mol. The van der Waals surface area contributed by atoms with Gasteiger partial charge < -0.3 is 0 Å². The summed E-state index contributed by atoms with van der Waals surface area (Å²) in [5.74, 6) is -0.428. The van der Waals surface area contributed by atoms with Crippen LogP contribution in [0, 0.1) is 5.82 Å². The van der Waals surface area contributed by atoms with E-state index in [0.717, 1.165) is 21.5 Å². The van der Waals surface area contributed by atoms with Gasteiger partial charge in [0.15, 0.2) is 5.82 Å². The topological polar surface area (TPSA) is 25.8 Å². The Bertz CT molecular complexity index is 839. The van der Waals surface area contributed by atoms with Crippen molar-refractivity contribution in [2.24, 2.45) is 0 Å². The number of rotatable bonds is 2. The van der Waals surface area contributed by atoms with Gasteiger partial charge in [0.2, 0.25) is 0 Å². The second-order valence-electron chi connectivity index (χ2n) is 4.29. The molecule has 0 aliphatic heterocycles. The number of hydrogen-bond acceptors (Lipinski definition) is 5. The quantitative estimate of drug-likeness (QED) is 0.446. The molecule has 2 nitrogen and oxygen atoms in total. The molecular weight excluding hydrogens is 347 g/mol. The standard InChI is InChI=1S/C14H6ClFN2S3/c15-11-9(7-3-1-5-19-7)13-14(18-21-17-13)10(12(11)16)8-4-2-6-20-8/h1-6H. The molecule has 104 valence electrons.